The molecular weight excluding hydrogens is 394 g/mol. The predicted octanol–water partition coefficient (Wildman–Crippen LogP) is 3.15. The molecule has 0 spiro atoms. The molecular formula is C24H43N3O4. The number of rotatable bonds is 9. The fraction of sp³-hybridized carbons (Fsp3) is 0.792. The minimum Gasteiger partial charge on any atom is -0.478 e. The van der Waals surface area contributed by atoms with Crippen LogP contribution in [0.25, 0.3) is 0 Å². The third-order valence-corrected chi connectivity index (χ3v) is 6.29. The Hall–Kier alpha value is -1.89. The second kappa shape index (κ2) is 11.7. The van der Waals surface area contributed by atoms with Gasteiger partial charge in [-0.15, -0.1) is 0 Å². The van der Waals surface area contributed by atoms with Crippen molar-refractivity contribution >= 4 is 17.8 Å². The van der Waals surface area contributed by atoms with E-state index in [-0.39, 0.29) is 47.3 Å². The molecule has 4 atom stereocenters. The molecule has 178 valence electrons. The summed E-state index contributed by atoms with van der Waals surface area (Å²) in [6, 6.07) is -1.01. The molecule has 7 heteroatoms. The Bertz CT molecular complexity index is 672. The van der Waals surface area contributed by atoms with Crippen molar-refractivity contribution in [2.75, 3.05) is 13.6 Å². The normalized spacial score (nSPS) is 22.5. The molecule has 1 rings (SSSR count). The molecule has 0 saturated carbocycles. The Labute approximate surface area is 188 Å². The van der Waals surface area contributed by atoms with Crippen LogP contribution in [0.5, 0.6) is 0 Å². The van der Waals surface area contributed by atoms with Gasteiger partial charge in [-0.05, 0) is 51.4 Å². The molecule has 7 nitrogen and oxygen atoms in total. The fourth-order valence-electron chi connectivity index (χ4n) is 4.25. The number of carbonyl (C=O) groups is 3. The highest BCUT2D eigenvalue weighted by Crippen LogP contribution is 2.24. The summed E-state index contributed by atoms with van der Waals surface area (Å²) in [6.45, 7) is 16.6. The van der Waals surface area contributed by atoms with Gasteiger partial charge >= 0.3 is 5.97 Å². The van der Waals surface area contributed by atoms with Gasteiger partial charge in [-0.1, -0.05) is 40.7 Å². The van der Waals surface area contributed by atoms with E-state index in [0.29, 0.717) is 5.92 Å². The summed E-state index contributed by atoms with van der Waals surface area (Å²) in [5, 5.41) is 12.3. The van der Waals surface area contributed by atoms with Crippen LogP contribution in [-0.4, -0.2) is 70.4 Å². The van der Waals surface area contributed by atoms with E-state index in [2.05, 4.69) is 31.0 Å². The molecule has 0 aromatic rings. The summed E-state index contributed by atoms with van der Waals surface area (Å²) in [4.78, 5) is 41.7. The summed E-state index contributed by atoms with van der Waals surface area (Å²) in [5.41, 5.74) is 0.201. The van der Waals surface area contributed by atoms with Crippen LogP contribution in [0.15, 0.2) is 11.6 Å². The van der Waals surface area contributed by atoms with E-state index in [9.17, 15) is 19.5 Å². The Morgan fingerprint density at radius 2 is 1.65 bits per heavy atom. The van der Waals surface area contributed by atoms with Crippen molar-refractivity contribution < 1.29 is 19.5 Å². The molecule has 2 N–H and O–H groups in total. The van der Waals surface area contributed by atoms with Crippen LogP contribution in [0.1, 0.15) is 68.2 Å². The van der Waals surface area contributed by atoms with Crippen molar-refractivity contribution in [3.05, 3.63) is 11.6 Å². The Kier molecular flexibility index (Phi) is 10.2. The number of likely N-dealkylation sites (tertiary alicyclic amines) is 1. The standard InChI is InChI=1S/C24H43N3O4/c1-14(2)20(12-18(8)24(30)31)26(9)23(29)21(15(3)4)25-22(28)19-11-10-17(7)13-27(19)16(5)6/h12,14-17,19-21H,10-11,13H2,1-9H3,(H,25,28)(H,30,31)/b18-12+/t17-,19-,20+,21?/m0/s1. The van der Waals surface area contributed by atoms with Gasteiger partial charge in [-0.3, -0.25) is 14.5 Å². The van der Waals surface area contributed by atoms with Crippen LogP contribution in [0, 0.1) is 17.8 Å². The van der Waals surface area contributed by atoms with Crippen LogP contribution in [0.3, 0.4) is 0 Å². The smallest absolute Gasteiger partial charge is 0.331 e. The van der Waals surface area contributed by atoms with Gasteiger partial charge in [0.2, 0.25) is 11.8 Å². The van der Waals surface area contributed by atoms with Crippen molar-refractivity contribution in [2.45, 2.75) is 92.4 Å². The third kappa shape index (κ3) is 7.34. The van der Waals surface area contributed by atoms with Gasteiger partial charge in [0.15, 0.2) is 0 Å². The number of piperidine rings is 1. The first-order valence-electron chi connectivity index (χ1n) is 11.5. The molecule has 0 aromatic heterocycles. The molecule has 1 fully saturated rings. The number of nitrogens with one attached hydrogen (secondary N) is 1. The maximum Gasteiger partial charge on any atom is 0.331 e. The maximum atomic E-state index is 13.4. The fourth-order valence-corrected chi connectivity index (χ4v) is 4.25. The van der Waals surface area contributed by atoms with Crippen molar-refractivity contribution in [2.24, 2.45) is 17.8 Å². The monoisotopic (exact) mass is 437 g/mol. The average Bonchev–Trinajstić information content (AvgIpc) is 2.67. The minimum absolute atomic E-state index is 0.0306. The molecule has 0 bridgehead atoms. The molecule has 1 unspecified atom stereocenters. The topological polar surface area (TPSA) is 90.0 Å². The Morgan fingerprint density at radius 3 is 2.10 bits per heavy atom. The first-order valence-corrected chi connectivity index (χ1v) is 11.5. The number of carboxylic acid groups (broad SMARTS) is 1. The third-order valence-electron chi connectivity index (χ3n) is 6.29. The number of likely N-dealkylation sites (N-methyl/N-ethyl adjacent to an activating group) is 1. The number of carbonyl (C=O) groups excluding carboxylic acids is 2. The predicted molar refractivity (Wildman–Crippen MR) is 124 cm³/mol. The zero-order valence-corrected chi connectivity index (χ0v) is 20.8. The van der Waals surface area contributed by atoms with Gasteiger partial charge in [0.05, 0.1) is 12.1 Å². The minimum atomic E-state index is -1.000. The van der Waals surface area contributed by atoms with Gasteiger partial charge in [-0.25, -0.2) is 4.79 Å². The number of hydrogen-bond donors (Lipinski definition) is 2. The van der Waals surface area contributed by atoms with Gasteiger partial charge in [0.1, 0.15) is 6.04 Å². The first kappa shape index (κ1) is 27.1. The molecule has 1 heterocycles. The van der Waals surface area contributed by atoms with Crippen LogP contribution >= 0.6 is 0 Å². The van der Waals surface area contributed by atoms with E-state index in [1.165, 1.54) is 6.92 Å². The average molecular weight is 438 g/mol. The summed E-state index contributed by atoms with van der Waals surface area (Å²) in [5.74, 6) is -0.804. The number of aliphatic carboxylic acids is 1. The Balaban J connectivity index is 3.06. The molecule has 2 amide bonds. The number of carboxylic acids is 1. The molecule has 0 aliphatic carbocycles. The van der Waals surface area contributed by atoms with Crippen molar-refractivity contribution in [1.29, 1.82) is 0 Å². The van der Waals surface area contributed by atoms with Crippen molar-refractivity contribution in [3.8, 4) is 0 Å². The van der Waals surface area contributed by atoms with E-state index >= 15 is 0 Å². The summed E-state index contributed by atoms with van der Waals surface area (Å²) >= 11 is 0. The summed E-state index contributed by atoms with van der Waals surface area (Å²) < 4.78 is 0. The number of nitrogens with zero attached hydrogens (tertiary/aromatic N) is 2. The number of hydrogen-bond acceptors (Lipinski definition) is 4. The second-order valence-electron chi connectivity index (χ2n) is 10.1. The lowest BCUT2D eigenvalue weighted by atomic mass is 9.91. The van der Waals surface area contributed by atoms with Crippen molar-refractivity contribution in [1.82, 2.24) is 15.1 Å². The molecule has 0 aromatic carbocycles. The largest absolute Gasteiger partial charge is 0.478 e. The Morgan fingerprint density at radius 1 is 1.06 bits per heavy atom. The van der Waals surface area contributed by atoms with Crippen LogP contribution in [0.4, 0.5) is 0 Å². The lowest BCUT2D eigenvalue weighted by Crippen LogP contribution is -2.59. The summed E-state index contributed by atoms with van der Waals surface area (Å²) in [7, 11) is 1.68. The van der Waals surface area contributed by atoms with Crippen LogP contribution < -0.4 is 5.32 Å². The van der Waals surface area contributed by atoms with E-state index < -0.39 is 12.0 Å². The lowest BCUT2D eigenvalue weighted by Gasteiger charge is -2.41. The molecule has 0 radical (unpaired) electrons. The maximum absolute atomic E-state index is 13.4. The first-order chi connectivity index (χ1) is 14.3. The highest BCUT2D eigenvalue weighted by atomic mass is 16.4. The van der Waals surface area contributed by atoms with Gasteiger partial charge in [0.25, 0.3) is 0 Å². The zero-order chi connectivity index (χ0) is 24.0. The highest BCUT2D eigenvalue weighted by molar-refractivity contribution is 5.90. The zero-order valence-electron chi connectivity index (χ0n) is 20.8. The van der Waals surface area contributed by atoms with E-state index in [4.69, 9.17) is 0 Å². The van der Waals surface area contributed by atoms with E-state index in [1.54, 1.807) is 18.0 Å². The summed E-state index contributed by atoms with van der Waals surface area (Å²) in [6.07, 6.45) is 3.40. The number of amides is 2. The molecule has 1 aliphatic rings. The van der Waals surface area contributed by atoms with E-state index in [1.807, 2.05) is 27.7 Å². The molecule has 1 saturated heterocycles. The van der Waals surface area contributed by atoms with Crippen LogP contribution in [0.2, 0.25) is 0 Å². The van der Waals surface area contributed by atoms with Crippen LogP contribution in [-0.2, 0) is 14.4 Å². The SMILES string of the molecule is C/C(=C\[C@H](C(C)C)N(C)C(=O)C(NC(=O)[C@@H]1CC[C@H](C)CN1C(C)C)C(C)C)C(=O)O. The lowest BCUT2D eigenvalue weighted by molar-refractivity contribution is -0.140. The quantitative estimate of drug-likeness (QED) is 0.541. The highest BCUT2D eigenvalue weighted by Gasteiger charge is 2.37. The van der Waals surface area contributed by atoms with E-state index in [0.717, 1.165) is 19.4 Å². The van der Waals surface area contributed by atoms with Gasteiger partial charge < -0.3 is 15.3 Å². The molecule has 1 aliphatic heterocycles. The molecule has 31 heavy (non-hydrogen) atoms. The van der Waals surface area contributed by atoms with Gasteiger partial charge in [0, 0.05) is 25.2 Å². The second-order valence-corrected chi connectivity index (χ2v) is 10.1. The van der Waals surface area contributed by atoms with Crippen molar-refractivity contribution in [3.63, 3.8) is 0 Å². The van der Waals surface area contributed by atoms with Gasteiger partial charge in [-0.2, -0.15) is 0 Å².